The van der Waals surface area contributed by atoms with Crippen molar-refractivity contribution in [2.24, 2.45) is 0 Å². The second-order valence-electron chi connectivity index (χ2n) is 4.94. The number of fused-ring (bicyclic) bond motifs is 1. The SMILES string of the molecule is Cc1cc(C)cc(-n2cnc3cccc(C(=O)O)c32)c1. The summed E-state index contributed by atoms with van der Waals surface area (Å²) in [7, 11) is 0. The third kappa shape index (κ3) is 1.95. The molecule has 1 N–H and O–H groups in total. The van der Waals surface area contributed by atoms with Gasteiger partial charge in [0.05, 0.1) is 16.6 Å². The molecule has 0 spiro atoms. The van der Waals surface area contributed by atoms with E-state index in [0.29, 0.717) is 11.0 Å². The lowest BCUT2D eigenvalue weighted by Gasteiger charge is -2.08. The van der Waals surface area contributed by atoms with E-state index in [2.05, 4.69) is 11.1 Å². The fourth-order valence-electron chi connectivity index (χ4n) is 2.52. The number of aromatic carboxylic acids is 1. The van der Waals surface area contributed by atoms with Gasteiger partial charge in [0, 0.05) is 5.69 Å². The summed E-state index contributed by atoms with van der Waals surface area (Å²) in [6.07, 6.45) is 1.67. The van der Waals surface area contributed by atoms with E-state index in [-0.39, 0.29) is 5.56 Å². The first kappa shape index (κ1) is 12.4. The van der Waals surface area contributed by atoms with Gasteiger partial charge in [-0.1, -0.05) is 12.1 Å². The Kier molecular flexibility index (Phi) is 2.79. The summed E-state index contributed by atoms with van der Waals surface area (Å²) < 4.78 is 1.83. The lowest BCUT2D eigenvalue weighted by Crippen LogP contribution is -2.02. The van der Waals surface area contributed by atoms with Gasteiger partial charge in [-0.15, -0.1) is 0 Å². The molecule has 4 nitrogen and oxygen atoms in total. The van der Waals surface area contributed by atoms with Crippen molar-refractivity contribution in [2.75, 3.05) is 0 Å². The van der Waals surface area contributed by atoms with Crippen LogP contribution in [0.3, 0.4) is 0 Å². The van der Waals surface area contributed by atoms with Crippen LogP contribution in [-0.4, -0.2) is 20.6 Å². The minimum Gasteiger partial charge on any atom is -0.478 e. The van der Waals surface area contributed by atoms with Crippen LogP contribution >= 0.6 is 0 Å². The van der Waals surface area contributed by atoms with Crippen molar-refractivity contribution in [3.05, 3.63) is 59.4 Å². The Morgan fingerprint density at radius 2 is 1.85 bits per heavy atom. The first-order valence-corrected chi connectivity index (χ1v) is 6.34. The van der Waals surface area contributed by atoms with E-state index >= 15 is 0 Å². The molecule has 0 atom stereocenters. The second-order valence-corrected chi connectivity index (χ2v) is 4.94. The summed E-state index contributed by atoms with van der Waals surface area (Å²) in [4.78, 5) is 15.7. The molecule has 0 unspecified atom stereocenters. The maximum Gasteiger partial charge on any atom is 0.337 e. The zero-order valence-electron chi connectivity index (χ0n) is 11.3. The Morgan fingerprint density at radius 1 is 1.15 bits per heavy atom. The van der Waals surface area contributed by atoms with Crippen molar-refractivity contribution in [3.63, 3.8) is 0 Å². The van der Waals surface area contributed by atoms with Gasteiger partial charge in [0.15, 0.2) is 0 Å². The van der Waals surface area contributed by atoms with E-state index in [1.165, 1.54) is 0 Å². The summed E-state index contributed by atoms with van der Waals surface area (Å²) in [6.45, 7) is 4.04. The van der Waals surface area contributed by atoms with E-state index < -0.39 is 5.97 Å². The van der Waals surface area contributed by atoms with Crippen molar-refractivity contribution >= 4 is 17.0 Å². The van der Waals surface area contributed by atoms with Gasteiger partial charge in [0.2, 0.25) is 0 Å². The maximum absolute atomic E-state index is 11.4. The number of rotatable bonds is 2. The Hall–Kier alpha value is -2.62. The number of hydrogen-bond donors (Lipinski definition) is 1. The minimum atomic E-state index is -0.943. The molecule has 2 aromatic carbocycles. The average molecular weight is 266 g/mol. The molecule has 3 aromatic rings. The smallest absolute Gasteiger partial charge is 0.337 e. The highest BCUT2D eigenvalue weighted by Gasteiger charge is 2.14. The molecular formula is C16H14N2O2. The fraction of sp³-hybridized carbons (Fsp3) is 0.125. The van der Waals surface area contributed by atoms with Gasteiger partial charge in [-0.25, -0.2) is 9.78 Å². The Morgan fingerprint density at radius 3 is 2.50 bits per heavy atom. The number of hydrogen-bond acceptors (Lipinski definition) is 2. The van der Waals surface area contributed by atoms with Gasteiger partial charge in [-0.2, -0.15) is 0 Å². The zero-order valence-corrected chi connectivity index (χ0v) is 11.3. The van der Waals surface area contributed by atoms with Crippen LogP contribution in [0.1, 0.15) is 21.5 Å². The van der Waals surface area contributed by atoms with Gasteiger partial charge in [0.25, 0.3) is 0 Å². The number of imidazole rings is 1. The number of carboxylic acid groups (broad SMARTS) is 1. The molecule has 0 radical (unpaired) electrons. The van der Waals surface area contributed by atoms with Gasteiger partial charge < -0.3 is 5.11 Å². The van der Waals surface area contributed by atoms with Crippen LogP contribution in [-0.2, 0) is 0 Å². The molecule has 0 aliphatic rings. The van der Waals surface area contributed by atoms with Crippen LogP contribution in [0.25, 0.3) is 16.7 Å². The molecule has 1 aromatic heterocycles. The van der Waals surface area contributed by atoms with Gasteiger partial charge in [-0.3, -0.25) is 4.57 Å². The van der Waals surface area contributed by atoms with Crippen LogP contribution in [0, 0.1) is 13.8 Å². The van der Waals surface area contributed by atoms with Crippen molar-refractivity contribution in [2.45, 2.75) is 13.8 Å². The third-order valence-corrected chi connectivity index (χ3v) is 3.28. The van der Waals surface area contributed by atoms with E-state index in [1.54, 1.807) is 18.5 Å². The third-order valence-electron chi connectivity index (χ3n) is 3.28. The Labute approximate surface area is 116 Å². The molecule has 0 aliphatic carbocycles. The zero-order chi connectivity index (χ0) is 14.3. The molecule has 100 valence electrons. The molecule has 4 heteroatoms. The molecule has 0 bridgehead atoms. The second kappa shape index (κ2) is 4.49. The molecule has 1 heterocycles. The number of aromatic nitrogens is 2. The number of carbonyl (C=O) groups is 1. The summed E-state index contributed by atoms with van der Waals surface area (Å²) >= 11 is 0. The quantitative estimate of drug-likeness (QED) is 0.774. The Bertz CT molecular complexity index is 798. The molecule has 3 rings (SSSR count). The average Bonchev–Trinajstić information content (AvgIpc) is 2.80. The first-order valence-electron chi connectivity index (χ1n) is 6.34. The monoisotopic (exact) mass is 266 g/mol. The normalized spacial score (nSPS) is 10.9. The van der Waals surface area contributed by atoms with E-state index in [9.17, 15) is 9.90 Å². The molecule has 20 heavy (non-hydrogen) atoms. The molecule has 0 saturated carbocycles. The first-order chi connectivity index (χ1) is 9.56. The Balaban J connectivity index is 2.34. The highest BCUT2D eigenvalue weighted by Crippen LogP contribution is 2.23. The van der Waals surface area contributed by atoms with Crippen LogP contribution in [0.4, 0.5) is 0 Å². The van der Waals surface area contributed by atoms with Crippen LogP contribution in [0.5, 0.6) is 0 Å². The maximum atomic E-state index is 11.4. The number of nitrogens with zero attached hydrogens (tertiary/aromatic N) is 2. The molecule has 0 saturated heterocycles. The van der Waals surface area contributed by atoms with E-state index in [1.807, 2.05) is 36.6 Å². The summed E-state index contributed by atoms with van der Waals surface area (Å²) in [6, 6.07) is 11.3. The summed E-state index contributed by atoms with van der Waals surface area (Å²) in [5.74, 6) is -0.943. The molecule has 0 amide bonds. The lowest BCUT2D eigenvalue weighted by atomic mass is 10.1. The van der Waals surface area contributed by atoms with Gasteiger partial charge >= 0.3 is 5.97 Å². The van der Waals surface area contributed by atoms with Crippen molar-refractivity contribution in [1.82, 2.24) is 9.55 Å². The van der Waals surface area contributed by atoms with E-state index in [0.717, 1.165) is 16.8 Å². The number of carboxylic acids is 1. The van der Waals surface area contributed by atoms with Gasteiger partial charge in [0.1, 0.15) is 6.33 Å². The van der Waals surface area contributed by atoms with Crippen molar-refractivity contribution in [3.8, 4) is 5.69 Å². The fourth-order valence-corrected chi connectivity index (χ4v) is 2.52. The van der Waals surface area contributed by atoms with Gasteiger partial charge in [-0.05, 0) is 49.2 Å². The summed E-state index contributed by atoms with van der Waals surface area (Å²) in [5, 5.41) is 9.34. The topological polar surface area (TPSA) is 55.1 Å². The number of benzene rings is 2. The van der Waals surface area contributed by atoms with E-state index in [4.69, 9.17) is 0 Å². The van der Waals surface area contributed by atoms with Crippen LogP contribution < -0.4 is 0 Å². The van der Waals surface area contributed by atoms with Crippen molar-refractivity contribution in [1.29, 1.82) is 0 Å². The minimum absolute atomic E-state index is 0.263. The van der Waals surface area contributed by atoms with Crippen LogP contribution in [0.15, 0.2) is 42.7 Å². The standard InChI is InChI=1S/C16H14N2O2/c1-10-6-11(2)8-12(7-10)18-9-17-14-5-3-4-13(15(14)18)16(19)20/h3-9H,1-2H3,(H,19,20). The molecular weight excluding hydrogens is 252 g/mol. The van der Waals surface area contributed by atoms with Crippen LogP contribution in [0.2, 0.25) is 0 Å². The number of aryl methyl sites for hydroxylation is 2. The largest absolute Gasteiger partial charge is 0.478 e. The lowest BCUT2D eigenvalue weighted by molar-refractivity contribution is 0.0698. The highest BCUT2D eigenvalue weighted by molar-refractivity contribution is 6.01. The summed E-state index contributed by atoms with van der Waals surface area (Å²) in [5.41, 5.74) is 4.77. The predicted octanol–water partition coefficient (Wildman–Crippen LogP) is 3.34. The predicted molar refractivity (Wildman–Crippen MR) is 77.5 cm³/mol. The molecule has 0 aliphatic heterocycles. The number of para-hydroxylation sites is 1. The highest BCUT2D eigenvalue weighted by atomic mass is 16.4. The molecule has 0 fully saturated rings. The van der Waals surface area contributed by atoms with Crippen molar-refractivity contribution < 1.29 is 9.90 Å².